The molecule has 0 radical (unpaired) electrons. The van der Waals surface area contributed by atoms with E-state index >= 15 is 0 Å². The number of phenolic OH excluding ortho intramolecular Hbond substituents is 1. The summed E-state index contributed by atoms with van der Waals surface area (Å²) in [4.78, 5) is 24.2. The number of halogens is 1. The number of hydrogen-bond donors (Lipinski definition) is 2. The minimum Gasteiger partial charge on any atom is -0.507 e. The van der Waals surface area contributed by atoms with Gasteiger partial charge in [-0.1, -0.05) is 12.2 Å². The van der Waals surface area contributed by atoms with E-state index in [4.69, 9.17) is 9.47 Å². The summed E-state index contributed by atoms with van der Waals surface area (Å²) >= 11 is 0. The molecule has 140 valence electrons. The molecule has 0 spiro atoms. The molecule has 0 aromatic heterocycles. The van der Waals surface area contributed by atoms with Gasteiger partial charge in [-0.3, -0.25) is 4.79 Å². The number of carbonyl (C=O) groups excluding carboxylic acids is 2. The molecular weight excluding hydrogens is 343 g/mol. The molecule has 2 atom stereocenters. The summed E-state index contributed by atoms with van der Waals surface area (Å²) in [6.45, 7) is 1.53. The number of esters is 1. The molecule has 1 aromatic carbocycles. The molecule has 0 fully saturated rings. The van der Waals surface area contributed by atoms with Crippen molar-refractivity contribution in [1.82, 2.24) is 0 Å². The molecule has 1 aliphatic heterocycles. The lowest BCUT2D eigenvalue weighted by atomic mass is 10.0. The second-order valence-electron chi connectivity index (χ2n) is 5.97. The van der Waals surface area contributed by atoms with Crippen molar-refractivity contribution in [3.05, 3.63) is 41.2 Å². The van der Waals surface area contributed by atoms with Crippen LogP contribution in [0.25, 0.3) is 6.08 Å². The first-order valence-electron chi connectivity index (χ1n) is 8.20. The van der Waals surface area contributed by atoms with Gasteiger partial charge < -0.3 is 19.7 Å². The number of phenols is 1. The maximum Gasteiger partial charge on any atom is 0.342 e. The van der Waals surface area contributed by atoms with Gasteiger partial charge in [-0.25, -0.2) is 9.18 Å². The zero-order valence-electron chi connectivity index (χ0n) is 14.6. The number of hydrogen-bond acceptors (Lipinski definition) is 6. The van der Waals surface area contributed by atoms with Gasteiger partial charge in [-0.15, -0.1) is 0 Å². The van der Waals surface area contributed by atoms with Gasteiger partial charge in [0.1, 0.15) is 29.3 Å². The van der Waals surface area contributed by atoms with E-state index in [1.807, 2.05) is 0 Å². The van der Waals surface area contributed by atoms with Crippen molar-refractivity contribution in [3.63, 3.8) is 0 Å². The van der Waals surface area contributed by atoms with Crippen molar-refractivity contribution in [2.75, 3.05) is 7.11 Å². The number of benzene rings is 1. The number of rotatable bonds is 1. The molecule has 7 heteroatoms. The SMILES string of the molecule is COc1cc(O)c2c(c1)/C=C/CCC(O)C(=O)/C(F)=C/CC(C)OC2=O. The second-order valence-corrected chi connectivity index (χ2v) is 5.97. The Labute approximate surface area is 150 Å². The smallest absolute Gasteiger partial charge is 0.342 e. The summed E-state index contributed by atoms with van der Waals surface area (Å²) in [5.41, 5.74) is 0.339. The minimum atomic E-state index is -1.45. The highest BCUT2D eigenvalue weighted by Gasteiger charge is 2.23. The van der Waals surface area contributed by atoms with Crippen LogP contribution in [0.15, 0.2) is 30.1 Å². The number of aromatic hydroxyl groups is 1. The van der Waals surface area contributed by atoms with Crippen LogP contribution in [0.4, 0.5) is 4.39 Å². The zero-order valence-corrected chi connectivity index (χ0v) is 14.6. The molecule has 26 heavy (non-hydrogen) atoms. The molecule has 0 amide bonds. The highest BCUT2D eigenvalue weighted by atomic mass is 19.1. The number of ether oxygens (including phenoxy) is 2. The van der Waals surface area contributed by atoms with Gasteiger partial charge in [0, 0.05) is 12.5 Å². The summed E-state index contributed by atoms with van der Waals surface area (Å²) in [5, 5.41) is 20.0. The van der Waals surface area contributed by atoms with Gasteiger partial charge in [-0.05, 0) is 37.5 Å². The van der Waals surface area contributed by atoms with Crippen molar-refractivity contribution in [3.8, 4) is 11.5 Å². The number of Topliss-reactive ketones (excluding diaryl/α,β-unsaturated/α-hetero) is 1. The van der Waals surface area contributed by atoms with Gasteiger partial charge in [0.05, 0.1) is 7.11 Å². The molecule has 0 saturated carbocycles. The van der Waals surface area contributed by atoms with E-state index in [9.17, 15) is 24.2 Å². The standard InChI is InChI=1S/C19H21FO6/c1-11-7-8-14(20)18(23)15(21)6-4-3-5-12-9-13(25-2)10-16(22)17(12)19(24)26-11/h3,5,8-11,15,21-22H,4,6-7H2,1-2H3/b5-3+,14-8-. The van der Waals surface area contributed by atoms with Crippen LogP contribution in [0.2, 0.25) is 0 Å². The predicted octanol–water partition coefficient (Wildman–Crippen LogP) is 2.93. The lowest BCUT2D eigenvalue weighted by Crippen LogP contribution is -2.21. The lowest BCUT2D eigenvalue weighted by molar-refractivity contribution is -0.125. The number of allylic oxidation sites excluding steroid dienone is 1. The molecule has 2 unspecified atom stereocenters. The maximum atomic E-state index is 13.8. The number of fused-ring (bicyclic) bond motifs is 1. The van der Waals surface area contributed by atoms with Crippen LogP contribution in [0, 0.1) is 0 Å². The van der Waals surface area contributed by atoms with Crippen LogP contribution in [0.1, 0.15) is 42.1 Å². The number of carbonyl (C=O) groups is 2. The van der Waals surface area contributed by atoms with E-state index in [-0.39, 0.29) is 30.6 Å². The Balaban J connectivity index is 2.43. The van der Waals surface area contributed by atoms with Crippen molar-refractivity contribution in [1.29, 1.82) is 0 Å². The fraction of sp³-hybridized carbons (Fsp3) is 0.368. The highest BCUT2D eigenvalue weighted by molar-refractivity contribution is 5.97. The topological polar surface area (TPSA) is 93.1 Å². The molecule has 6 nitrogen and oxygen atoms in total. The van der Waals surface area contributed by atoms with Crippen LogP contribution < -0.4 is 4.74 Å². The van der Waals surface area contributed by atoms with E-state index in [1.54, 1.807) is 18.2 Å². The lowest BCUT2D eigenvalue weighted by Gasteiger charge is -2.15. The third-order valence-electron chi connectivity index (χ3n) is 3.94. The summed E-state index contributed by atoms with van der Waals surface area (Å²) in [7, 11) is 1.43. The normalized spacial score (nSPS) is 25.3. The Morgan fingerprint density at radius 3 is 2.73 bits per heavy atom. The molecule has 1 aliphatic rings. The van der Waals surface area contributed by atoms with Crippen molar-refractivity contribution in [2.24, 2.45) is 0 Å². The van der Waals surface area contributed by atoms with E-state index < -0.39 is 29.8 Å². The quantitative estimate of drug-likeness (QED) is 0.745. The first-order valence-corrected chi connectivity index (χ1v) is 8.20. The minimum absolute atomic E-state index is 0.0296. The second kappa shape index (κ2) is 8.62. The van der Waals surface area contributed by atoms with E-state index in [2.05, 4.69) is 0 Å². The summed E-state index contributed by atoms with van der Waals surface area (Å²) in [6.07, 6.45) is 2.22. The monoisotopic (exact) mass is 364 g/mol. The van der Waals surface area contributed by atoms with Gasteiger partial charge in [-0.2, -0.15) is 0 Å². The van der Waals surface area contributed by atoms with Crippen LogP contribution >= 0.6 is 0 Å². The van der Waals surface area contributed by atoms with Crippen molar-refractivity contribution >= 4 is 17.8 Å². The van der Waals surface area contributed by atoms with Gasteiger partial charge >= 0.3 is 5.97 Å². The number of cyclic esters (lactones) is 1. The zero-order chi connectivity index (χ0) is 19.3. The van der Waals surface area contributed by atoms with Crippen LogP contribution in [0.5, 0.6) is 11.5 Å². The average molecular weight is 364 g/mol. The average Bonchev–Trinajstić information content (AvgIpc) is 2.60. The fourth-order valence-corrected chi connectivity index (χ4v) is 2.51. The Bertz CT molecular complexity index is 753. The largest absolute Gasteiger partial charge is 0.507 e. The number of ketones is 1. The summed E-state index contributed by atoms with van der Waals surface area (Å²) in [5.74, 6) is -2.77. The first kappa shape index (κ1) is 19.7. The Morgan fingerprint density at radius 1 is 1.31 bits per heavy atom. The van der Waals surface area contributed by atoms with Gasteiger partial charge in [0.25, 0.3) is 0 Å². The fourth-order valence-electron chi connectivity index (χ4n) is 2.51. The summed E-state index contributed by atoms with van der Waals surface area (Å²) < 4.78 is 24.1. The molecule has 0 aliphatic carbocycles. The van der Waals surface area contributed by atoms with E-state index in [0.717, 1.165) is 6.08 Å². The van der Waals surface area contributed by atoms with E-state index in [1.165, 1.54) is 20.1 Å². The predicted molar refractivity (Wildman–Crippen MR) is 92.6 cm³/mol. The Hall–Kier alpha value is -2.67. The summed E-state index contributed by atoms with van der Waals surface area (Å²) in [6, 6.07) is 2.86. The number of aliphatic hydroxyl groups excluding tert-OH is 1. The molecule has 1 heterocycles. The molecule has 1 aromatic rings. The Morgan fingerprint density at radius 2 is 2.04 bits per heavy atom. The first-order chi connectivity index (χ1) is 12.3. The highest BCUT2D eigenvalue weighted by Crippen LogP contribution is 2.30. The molecule has 2 N–H and O–H groups in total. The number of aliphatic hydroxyl groups is 1. The van der Waals surface area contributed by atoms with Crippen LogP contribution in [0.3, 0.4) is 0 Å². The third-order valence-corrected chi connectivity index (χ3v) is 3.94. The molecule has 0 bridgehead atoms. The van der Waals surface area contributed by atoms with Crippen LogP contribution in [-0.4, -0.2) is 41.3 Å². The van der Waals surface area contributed by atoms with Gasteiger partial charge in [0.15, 0.2) is 5.83 Å². The molecule has 0 saturated heterocycles. The van der Waals surface area contributed by atoms with Crippen molar-refractivity contribution in [2.45, 2.75) is 38.4 Å². The number of methoxy groups -OCH3 is 1. The third kappa shape index (κ3) is 4.70. The maximum absolute atomic E-state index is 13.8. The Kier molecular flexibility index (Phi) is 6.52. The molecular formula is C19H21FO6. The molecule has 2 rings (SSSR count). The van der Waals surface area contributed by atoms with E-state index in [0.29, 0.717) is 11.3 Å². The van der Waals surface area contributed by atoms with Gasteiger partial charge in [0.2, 0.25) is 5.78 Å². The van der Waals surface area contributed by atoms with Crippen LogP contribution in [-0.2, 0) is 9.53 Å². The van der Waals surface area contributed by atoms with Crippen molar-refractivity contribution < 1.29 is 33.7 Å².